The number of alkyl halides is 1. The molecule has 0 bridgehead atoms. The van der Waals surface area contributed by atoms with Crippen molar-refractivity contribution in [2.45, 2.75) is 18.7 Å². The zero-order valence-electron chi connectivity index (χ0n) is 10.0. The van der Waals surface area contributed by atoms with Gasteiger partial charge in [0.2, 0.25) is 0 Å². The summed E-state index contributed by atoms with van der Waals surface area (Å²) in [6.45, 7) is 1.41. The Morgan fingerprint density at radius 1 is 1.41 bits per heavy atom. The molecule has 3 nitrogen and oxygen atoms in total. The molecule has 0 heterocycles. The summed E-state index contributed by atoms with van der Waals surface area (Å²) in [6.07, 6.45) is 1.88. The third-order valence-electron chi connectivity index (χ3n) is 2.40. The largest absolute Gasteiger partial charge is 0.385 e. The predicted molar refractivity (Wildman–Crippen MR) is 69.4 cm³/mol. The summed E-state index contributed by atoms with van der Waals surface area (Å²) in [5.74, 6) is 0.379. The molecule has 1 aromatic rings. The van der Waals surface area contributed by atoms with Crippen LogP contribution < -0.4 is 5.32 Å². The van der Waals surface area contributed by atoms with E-state index in [2.05, 4.69) is 5.32 Å². The number of carbonyl (C=O) groups is 1. The Kier molecular flexibility index (Phi) is 6.67. The van der Waals surface area contributed by atoms with Gasteiger partial charge in [0.15, 0.2) is 0 Å². The summed E-state index contributed by atoms with van der Waals surface area (Å²) < 4.78 is 4.94. The first kappa shape index (κ1) is 14.0. The van der Waals surface area contributed by atoms with Crippen LogP contribution in [0.4, 0.5) is 0 Å². The van der Waals surface area contributed by atoms with E-state index < -0.39 is 0 Å². The molecule has 0 aliphatic heterocycles. The number of methoxy groups -OCH3 is 1. The Bertz CT molecular complexity index is 355. The van der Waals surface area contributed by atoms with Crippen LogP contribution in [0.3, 0.4) is 0 Å². The quantitative estimate of drug-likeness (QED) is 0.601. The summed E-state index contributed by atoms with van der Waals surface area (Å²) >= 11 is 5.72. The number of hydrogen-bond donors (Lipinski definition) is 1. The maximum Gasteiger partial charge on any atom is 0.251 e. The van der Waals surface area contributed by atoms with Crippen molar-refractivity contribution in [1.82, 2.24) is 5.32 Å². The molecule has 0 radical (unpaired) electrons. The second kappa shape index (κ2) is 8.09. The Hall–Kier alpha value is -1.06. The van der Waals surface area contributed by atoms with Gasteiger partial charge in [-0.25, -0.2) is 0 Å². The zero-order valence-corrected chi connectivity index (χ0v) is 10.8. The number of halogens is 1. The fourth-order valence-electron chi connectivity index (χ4n) is 1.47. The van der Waals surface area contributed by atoms with Gasteiger partial charge in [-0.2, -0.15) is 0 Å². The monoisotopic (exact) mass is 255 g/mol. The van der Waals surface area contributed by atoms with Crippen LogP contribution in [0.2, 0.25) is 0 Å². The van der Waals surface area contributed by atoms with Gasteiger partial charge >= 0.3 is 0 Å². The normalized spacial score (nSPS) is 10.2. The highest BCUT2D eigenvalue weighted by atomic mass is 35.5. The Morgan fingerprint density at radius 2 is 2.24 bits per heavy atom. The minimum atomic E-state index is -0.0469. The van der Waals surface area contributed by atoms with Crippen molar-refractivity contribution in [3.8, 4) is 0 Å². The number of hydrogen-bond acceptors (Lipinski definition) is 2. The molecular weight excluding hydrogens is 238 g/mol. The van der Waals surface area contributed by atoms with Gasteiger partial charge in [-0.15, -0.1) is 11.6 Å². The lowest BCUT2D eigenvalue weighted by Gasteiger charge is -2.06. The topological polar surface area (TPSA) is 38.3 Å². The van der Waals surface area contributed by atoms with Crippen LogP contribution >= 0.6 is 11.6 Å². The third kappa shape index (κ3) is 5.20. The molecule has 17 heavy (non-hydrogen) atoms. The van der Waals surface area contributed by atoms with Gasteiger partial charge in [-0.05, 0) is 30.5 Å². The van der Waals surface area contributed by atoms with E-state index in [1.807, 2.05) is 18.2 Å². The van der Waals surface area contributed by atoms with E-state index in [0.717, 1.165) is 25.0 Å². The summed E-state index contributed by atoms with van der Waals surface area (Å²) in [5, 5.41) is 2.87. The van der Waals surface area contributed by atoms with Gasteiger partial charge in [0, 0.05) is 31.7 Å². The minimum absolute atomic E-state index is 0.0469. The fraction of sp³-hybridized carbons (Fsp3) is 0.462. The number of rotatable bonds is 7. The highest BCUT2D eigenvalue weighted by molar-refractivity contribution is 6.17. The molecule has 4 heteroatoms. The number of amides is 1. The first-order chi connectivity index (χ1) is 8.27. The molecule has 0 aliphatic rings. The van der Waals surface area contributed by atoms with Crippen LogP contribution in [0, 0.1) is 0 Å². The molecule has 0 aromatic heterocycles. The second-order valence-electron chi connectivity index (χ2n) is 3.79. The van der Waals surface area contributed by atoms with Crippen LogP contribution in [0.15, 0.2) is 24.3 Å². The third-order valence-corrected chi connectivity index (χ3v) is 2.71. The van der Waals surface area contributed by atoms with E-state index in [0.29, 0.717) is 18.0 Å². The number of nitrogens with one attached hydrogen (secondary N) is 1. The van der Waals surface area contributed by atoms with E-state index in [1.165, 1.54) is 0 Å². The van der Waals surface area contributed by atoms with Crippen LogP contribution in [-0.2, 0) is 10.6 Å². The molecule has 0 unspecified atom stereocenters. The SMILES string of the molecule is COCCCCNC(=O)c1cccc(CCl)c1. The minimum Gasteiger partial charge on any atom is -0.385 e. The van der Waals surface area contributed by atoms with Crippen LogP contribution in [0.5, 0.6) is 0 Å². The summed E-state index contributed by atoms with van der Waals surface area (Å²) in [4.78, 5) is 11.8. The number of carbonyl (C=O) groups excluding carboxylic acids is 1. The molecule has 0 fully saturated rings. The number of ether oxygens (including phenoxy) is 1. The van der Waals surface area contributed by atoms with E-state index in [1.54, 1.807) is 13.2 Å². The molecule has 1 aromatic carbocycles. The van der Waals surface area contributed by atoms with Crippen LogP contribution in [0.25, 0.3) is 0 Å². The Labute approximate surface area is 107 Å². The van der Waals surface area contributed by atoms with E-state index in [4.69, 9.17) is 16.3 Å². The van der Waals surface area contributed by atoms with E-state index in [-0.39, 0.29) is 5.91 Å². The van der Waals surface area contributed by atoms with E-state index in [9.17, 15) is 4.79 Å². The number of benzene rings is 1. The molecule has 94 valence electrons. The summed E-state index contributed by atoms with van der Waals surface area (Å²) in [5.41, 5.74) is 1.62. The molecule has 0 saturated heterocycles. The van der Waals surface area contributed by atoms with Gasteiger partial charge in [0.05, 0.1) is 0 Å². The lowest BCUT2D eigenvalue weighted by atomic mass is 10.1. The molecule has 1 amide bonds. The fourth-order valence-corrected chi connectivity index (χ4v) is 1.64. The molecule has 0 spiro atoms. The average molecular weight is 256 g/mol. The standard InChI is InChI=1S/C13H18ClNO2/c1-17-8-3-2-7-15-13(16)12-6-4-5-11(9-12)10-14/h4-6,9H,2-3,7-8,10H2,1H3,(H,15,16). The predicted octanol–water partition coefficient (Wildman–Crippen LogP) is 2.58. The first-order valence-corrected chi connectivity index (χ1v) is 6.23. The molecule has 0 aliphatic carbocycles. The van der Waals surface area contributed by atoms with Crippen LogP contribution in [0.1, 0.15) is 28.8 Å². The van der Waals surface area contributed by atoms with E-state index >= 15 is 0 Å². The molecule has 0 atom stereocenters. The summed E-state index contributed by atoms with van der Waals surface area (Å²) in [7, 11) is 1.68. The maximum absolute atomic E-state index is 11.8. The Morgan fingerprint density at radius 3 is 2.94 bits per heavy atom. The van der Waals surface area contributed by atoms with Gasteiger partial charge in [0.1, 0.15) is 0 Å². The highest BCUT2D eigenvalue weighted by Crippen LogP contribution is 2.07. The van der Waals surface area contributed by atoms with Gasteiger partial charge in [-0.3, -0.25) is 4.79 Å². The van der Waals surface area contributed by atoms with Crippen molar-refractivity contribution < 1.29 is 9.53 Å². The lowest BCUT2D eigenvalue weighted by Crippen LogP contribution is -2.24. The lowest BCUT2D eigenvalue weighted by molar-refractivity contribution is 0.0951. The van der Waals surface area contributed by atoms with Crippen molar-refractivity contribution in [2.75, 3.05) is 20.3 Å². The van der Waals surface area contributed by atoms with Gasteiger partial charge in [-0.1, -0.05) is 12.1 Å². The Balaban J connectivity index is 2.36. The highest BCUT2D eigenvalue weighted by Gasteiger charge is 2.04. The van der Waals surface area contributed by atoms with Crippen molar-refractivity contribution in [1.29, 1.82) is 0 Å². The van der Waals surface area contributed by atoms with Crippen LogP contribution in [-0.4, -0.2) is 26.2 Å². The second-order valence-corrected chi connectivity index (χ2v) is 4.06. The maximum atomic E-state index is 11.8. The molecular formula is C13H18ClNO2. The van der Waals surface area contributed by atoms with Crippen molar-refractivity contribution in [3.05, 3.63) is 35.4 Å². The molecule has 1 rings (SSSR count). The average Bonchev–Trinajstić information content (AvgIpc) is 2.38. The zero-order chi connectivity index (χ0) is 12.5. The van der Waals surface area contributed by atoms with Crippen molar-refractivity contribution >= 4 is 17.5 Å². The van der Waals surface area contributed by atoms with Gasteiger partial charge in [0.25, 0.3) is 5.91 Å². The molecule has 1 N–H and O–H groups in total. The van der Waals surface area contributed by atoms with Crippen molar-refractivity contribution in [3.63, 3.8) is 0 Å². The first-order valence-electron chi connectivity index (χ1n) is 5.70. The smallest absolute Gasteiger partial charge is 0.251 e. The summed E-state index contributed by atoms with van der Waals surface area (Å²) in [6, 6.07) is 7.36. The van der Waals surface area contributed by atoms with Gasteiger partial charge < -0.3 is 10.1 Å². The molecule has 0 saturated carbocycles. The van der Waals surface area contributed by atoms with Crippen molar-refractivity contribution in [2.24, 2.45) is 0 Å². The number of unbranched alkanes of at least 4 members (excludes halogenated alkanes) is 1.